The summed E-state index contributed by atoms with van der Waals surface area (Å²) in [6.45, 7) is 1.85. The number of halogens is 3. The average Bonchev–Trinajstić information content (AvgIpc) is 2.39. The standard InChI is InChI=1S/C15H11BrClFO2/c1-8-3-9(5-10(17)4-8)15(19)11-6-12(16)13(18)7-14(11)20-2/h3-7H,1-2H3. The molecule has 0 heterocycles. The molecule has 0 aromatic heterocycles. The third kappa shape index (κ3) is 3.02. The normalized spacial score (nSPS) is 10.4. The minimum absolute atomic E-state index is 0.188. The number of hydrogen-bond acceptors (Lipinski definition) is 2. The summed E-state index contributed by atoms with van der Waals surface area (Å²) < 4.78 is 18.8. The summed E-state index contributed by atoms with van der Waals surface area (Å²) in [7, 11) is 1.39. The zero-order valence-electron chi connectivity index (χ0n) is 10.8. The van der Waals surface area contributed by atoms with Gasteiger partial charge in [0.25, 0.3) is 0 Å². The topological polar surface area (TPSA) is 26.3 Å². The van der Waals surface area contributed by atoms with Crippen LogP contribution < -0.4 is 4.74 Å². The predicted molar refractivity (Wildman–Crippen MR) is 80.3 cm³/mol. The highest BCUT2D eigenvalue weighted by atomic mass is 79.9. The summed E-state index contributed by atoms with van der Waals surface area (Å²) in [5, 5.41) is 0.480. The maximum absolute atomic E-state index is 13.5. The van der Waals surface area contributed by atoms with Crippen molar-refractivity contribution < 1.29 is 13.9 Å². The van der Waals surface area contributed by atoms with Crippen LogP contribution in [0.3, 0.4) is 0 Å². The van der Waals surface area contributed by atoms with Crippen molar-refractivity contribution in [3.8, 4) is 5.75 Å². The Labute approximate surface area is 129 Å². The molecule has 0 N–H and O–H groups in total. The second-order valence-corrected chi connectivity index (χ2v) is 5.60. The third-order valence-electron chi connectivity index (χ3n) is 2.79. The molecule has 0 amide bonds. The van der Waals surface area contributed by atoms with E-state index in [0.717, 1.165) is 5.56 Å². The van der Waals surface area contributed by atoms with Gasteiger partial charge in [-0.05, 0) is 52.7 Å². The summed E-state index contributed by atoms with van der Waals surface area (Å²) in [5.74, 6) is -0.567. The maximum Gasteiger partial charge on any atom is 0.196 e. The van der Waals surface area contributed by atoms with E-state index in [0.29, 0.717) is 10.6 Å². The Kier molecular flexibility index (Phi) is 4.45. The van der Waals surface area contributed by atoms with Gasteiger partial charge in [-0.25, -0.2) is 4.39 Å². The van der Waals surface area contributed by atoms with Crippen LogP contribution in [0.2, 0.25) is 5.02 Å². The summed E-state index contributed by atoms with van der Waals surface area (Å²) in [5.41, 5.74) is 1.59. The van der Waals surface area contributed by atoms with Crippen molar-refractivity contribution in [2.24, 2.45) is 0 Å². The Balaban J connectivity index is 2.55. The van der Waals surface area contributed by atoms with Crippen molar-refractivity contribution in [1.29, 1.82) is 0 Å². The molecule has 5 heteroatoms. The first-order valence-electron chi connectivity index (χ1n) is 5.77. The Morgan fingerprint density at radius 3 is 2.55 bits per heavy atom. The Bertz CT molecular complexity index is 666. The van der Waals surface area contributed by atoms with Gasteiger partial charge >= 0.3 is 0 Å². The molecule has 104 valence electrons. The Morgan fingerprint density at radius 2 is 1.95 bits per heavy atom. The van der Waals surface area contributed by atoms with Crippen LogP contribution in [0.15, 0.2) is 34.8 Å². The van der Waals surface area contributed by atoms with Gasteiger partial charge in [-0.3, -0.25) is 4.79 Å². The summed E-state index contributed by atoms with van der Waals surface area (Å²) in [4.78, 5) is 12.5. The first kappa shape index (κ1) is 15.0. The highest BCUT2D eigenvalue weighted by Crippen LogP contribution is 2.29. The van der Waals surface area contributed by atoms with Gasteiger partial charge in [0.05, 0.1) is 17.1 Å². The first-order chi connectivity index (χ1) is 9.42. The van der Waals surface area contributed by atoms with E-state index in [2.05, 4.69) is 15.9 Å². The van der Waals surface area contributed by atoms with Crippen molar-refractivity contribution in [1.82, 2.24) is 0 Å². The molecule has 0 saturated heterocycles. The molecule has 0 bridgehead atoms. The highest BCUT2D eigenvalue weighted by Gasteiger charge is 2.18. The van der Waals surface area contributed by atoms with E-state index >= 15 is 0 Å². The van der Waals surface area contributed by atoms with Crippen LogP contribution in [0.5, 0.6) is 5.75 Å². The van der Waals surface area contributed by atoms with Crippen LogP contribution in [-0.2, 0) is 0 Å². The molecule has 2 nitrogen and oxygen atoms in total. The lowest BCUT2D eigenvalue weighted by Gasteiger charge is -2.10. The molecule has 0 radical (unpaired) electrons. The summed E-state index contributed by atoms with van der Waals surface area (Å²) in [6.07, 6.45) is 0. The Morgan fingerprint density at radius 1 is 1.25 bits per heavy atom. The monoisotopic (exact) mass is 356 g/mol. The number of aryl methyl sites for hydroxylation is 1. The van der Waals surface area contributed by atoms with E-state index < -0.39 is 5.82 Å². The molecule has 0 aliphatic heterocycles. The van der Waals surface area contributed by atoms with E-state index in [1.54, 1.807) is 18.2 Å². The van der Waals surface area contributed by atoms with Crippen molar-refractivity contribution in [2.45, 2.75) is 6.92 Å². The Hall–Kier alpha value is -1.39. The summed E-state index contributed by atoms with van der Waals surface area (Å²) in [6, 6.07) is 7.65. The lowest BCUT2D eigenvalue weighted by molar-refractivity contribution is 0.103. The second kappa shape index (κ2) is 5.94. The van der Waals surface area contributed by atoms with Crippen molar-refractivity contribution >= 4 is 33.3 Å². The van der Waals surface area contributed by atoms with Crippen LogP contribution in [0.1, 0.15) is 21.5 Å². The summed E-state index contributed by atoms with van der Waals surface area (Å²) >= 11 is 9.03. The molecule has 0 aliphatic carbocycles. The van der Waals surface area contributed by atoms with Crippen molar-refractivity contribution in [2.75, 3.05) is 7.11 Å². The minimum Gasteiger partial charge on any atom is -0.496 e. The van der Waals surface area contributed by atoms with Crippen LogP contribution in [0, 0.1) is 12.7 Å². The fraction of sp³-hybridized carbons (Fsp3) is 0.133. The number of ketones is 1. The zero-order valence-corrected chi connectivity index (χ0v) is 13.2. The van der Waals surface area contributed by atoms with E-state index in [1.807, 2.05) is 6.92 Å². The SMILES string of the molecule is COc1cc(F)c(Br)cc1C(=O)c1cc(C)cc(Cl)c1. The first-order valence-corrected chi connectivity index (χ1v) is 6.94. The highest BCUT2D eigenvalue weighted by molar-refractivity contribution is 9.10. The number of carbonyl (C=O) groups is 1. The van der Waals surface area contributed by atoms with Gasteiger partial charge in [0.15, 0.2) is 5.78 Å². The van der Waals surface area contributed by atoms with Crippen LogP contribution in [0.25, 0.3) is 0 Å². The molecule has 20 heavy (non-hydrogen) atoms. The quantitative estimate of drug-likeness (QED) is 0.738. The van der Waals surface area contributed by atoms with Gasteiger partial charge in [0.2, 0.25) is 0 Å². The third-order valence-corrected chi connectivity index (χ3v) is 3.62. The molecule has 0 saturated carbocycles. The van der Waals surface area contributed by atoms with Gasteiger partial charge in [0, 0.05) is 16.7 Å². The molecule has 0 spiro atoms. The molecule has 0 atom stereocenters. The molecule has 2 aromatic rings. The molecule has 0 fully saturated rings. The van der Waals surface area contributed by atoms with E-state index in [9.17, 15) is 9.18 Å². The largest absolute Gasteiger partial charge is 0.496 e. The minimum atomic E-state index is -0.485. The fourth-order valence-electron chi connectivity index (χ4n) is 1.90. The van der Waals surface area contributed by atoms with Crippen LogP contribution in [-0.4, -0.2) is 12.9 Å². The smallest absolute Gasteiger partial charge is 0.196 e. The zero-order chi connectivity index (χ0) is 14.9. The predicted octanol–water partition coefficient (Wildman–Crippen LogP) is 4.79. The van der Waals surface area contributed by atoms with Gasteiger partial charge in [0.1, 0.15) is 11.6 Å². The molecular weight excluding hydrogens is 347 g/mol. The second-order valence-electron chi connectivity index (χ2n) is 4.31. The van der Waals surface area contributed by atoms with E-state index in [4.69, 9.17) is 16.3 Å². The molecule has 2 aromatic carbocycles. The number of methoxy groups -OCH3 is 1. The lowest BCUT2D eigenvalue weighted by Crippen LogP contribution is -2.05. The van der Waals surface area contributed by atoms with E-state index in [-0.39, 0.29) is 21.6 Å². The number of benzene rings is 2. The van der Waals surface area contributed by atoms with E-state index in [1.165, 1.54) is 19.2 Å². The van der Waals surface area contributed by atoms with Gasteiger partial charge in [-0.2, -0.15) is 0 Å². The van der Waals surface area contributed by atoms with Gasteiger partial charge in [-0.1, -0.05) is 11.6 Å². The fourth-order valence-corrected chi connectivity index (χ4v) is 2.53. The van der Waals surface area contributed by atoms with Crippen LogP contribution >= 0.6 is 27.5 Å². The molecule has 0 unspecified atom stereocenters. The van der Waals surface area contributed by atoms with Gasteiger partial charge < -0.3 is 4.74 Å². The average molecular weight is 358 g/mol. The lowest BCUT2D eigenvalue weighted by atomic mass is 10.0. The number of carbonyl (C=O) groups excluding carboxylic acids is 1. The van der Waals surface area contributed by atoms with Crippen molar-refractivity contribution in [3.05, 3.63) is 62.3 Å². The number of ether oxygens (including phenoxy) is 1. The number of hydrogen-bond donors (Lipinski definition) is 0. The molecular formula is C15H11BrClFO2. The van der Waals surface area contributed by atoms with Crippen molar-refractivity contribution in [3.63, 3.8) is 0 Å². The molecule has 0 aliphatic rings. The maximum atomic E-state index is 13.5. The molecule has 2 rings (SSSR count). The van der Waals surface area contributed by atoms with Gasteiger partial charge in [-0.15, -0.1) is 0 Å². The number of rotatable bonds is 3. The van der Waals surface area contributed by atoms with Crippen LogP contribution in [0.4, 0.5) is 4.39 Å².